The van der Waals surface area contributed by atoms with Crippen molar-refractivity contribution in [1.82, 2.24) is 14.5 Å². The van der Waals surface area contributed by atoms with Gasteiger partial charge in [0.15, 0.2) is 17.9 Å². The molecule has 1 aromatic carbocycles. The van der Waals surface area contributed by atoms with E-state index in [0.29, 0.717) is 5.39 Å². The van der Waals surface area contributed by atoms with Gasteiger partial charge in [-0.2, -0.15) is 9.97 Å². The lowest BCUT2D eigenvalue weighted by Crippen LogP contribution is -2.44. The summed E-state index contributed by atoms with van der Waals surface area (Å²) in [5.74, 6) is -2.28. The molecular weight excluding hydrogens is 515 g/mol. The first kappa shape index (κ1) is 25.9. The molecule has 0 amide bonds. The number of rotatable bonds is 4. The second-order valence-corrected chi connectivity index (χ2v) is 11.3. The highest BCUT2D eigenvalue weighted by molar-refractivity contribution is 7.48. The van der Waals surface area contributed by atoms with Gasteiger partial charge in [0.2, 0.25) is 12.2 Å². The maximum Gasteiger partial charge on any atom is 0.478 e. The highest BCUT2D eigenvalue weighted by Crippen LogP contribution is 2.63. The van der Waals surface area contributed by atoms with Gasteiger partial charge >= 0.3 is 7.82 Å². The van der Waals surface area contributed by atoms with Gasteiger partial charge < -0.3 is 31.0 Å². The Morgan fingerprint density at radius 2 is 1.95 bits per heavy atom. The van der Waals surface area contributed by atoms with Gasteiger partial charge in [-0.15, -0.1) is 0 Å². The van der Waals surface area contributed by atoms with Crippen molar-refractivity contribution < 1.29 is 41.9 Å². The van der Waals surface area contributed by atoms with Gasteiger partial charge in [-0.3, -0.25) is 13.6 Å². The molecule has 2 aromatic heterocycles. The smallest absolute Gasteiger partial charge is 0.385 e. The average Bonchev–Trinajstić information content (AvgIpc) is 3.28. The van der Waals surface area contributed by atoms with Crippen LogP contribution in [0.5, 0.6) is 0 Å². The van der Waals surface area contributed by atoms with Gasteiger partial charge in [-0.05, 0) is 32.9 Å². The van der Waals surface area contributed by atoms with Gasteiger partial charge in [0.1, 0.15) is 29.3 Å². The predicted octanol–water partition coefficient (Wildman–Crippen LogP) is 2.92. The summed E-state index contributed by atoms with van der Waals surface area (Å²) in [6, 6.07) is 5.11. The molecular formula is C22H26F2N5O7P. The van der Waals surface area contributed by atoms with Gasteiger partial charge in [0, 0.05) is 18.2 Å². The fourth-order valence-electron chi connectivity index (χ4n) is 4.56. The second kappa shape index (κ2) is 8.67. The molecule has 0 spiro atoms. The number of benzene rings is 1. The summed E-state index contributed by atoms with van der Waals surface area (Å²) in [6.07, 6.45) is -4.46. The Labute approximate surface area is 209 Å². The van der Waals surface area contributed by atoms with E-state index in [1.54, 1.807) is 19.9 Å². The number of phosphoric acid groups is 1. The number of anilines is 2. The Hall–Kier alpha value is -2.71. The fraction of sp³-hybridized carbons (Fsp3) is 0.455. The molecule has 0 aliphatic carbocycles. The molecule has 2 fully saturated rings. The Kier molecular flexibility index (Phi) is 6.07. The number of nitrogen functional groups attached to an aromatic ring is 2. The number of halogens is 2. The number of aromatic nitrogens is 3. The van der Waals surface area contributed by atoms with E-state index in [2.05, 4.69) is 9.97 Å². The van der Waals surface area contributed by atoms with Crippen molar-refractivity contribution >= 4 is 30.6 Å². The van der Waals surface area contributed by atoms with Gasteiger partial charge in [-0.1, -0.05) is 12.1 Å². The fourth-order valence-corrected chi connectivity index (χ4v) is 6.30. The van der Waals surface area contributed by atoms with Crippen LogP contribution in [-0.2, 0) is 22.9 Å². The van der Waals surface area contributed by atoms with Crippen molar-refractivity contribution in [2.24, 2.45) is 0 Å². The lowest BCUT2D eigenvalue weighted by Gasteiger charge is -2.39. The molecule has 0 saturated carbocycles. The number of hydrogen-bond donors (Lipinski definition) is 4. The standard InChI is InChI=1S/C22H26F2N5O7P/c1-21(2)9-13(10-5-4-6-12(23)14(10)24)34-37(32,36-21)35-18-15(30)22(3,31)19(33-18)29-8-7-11-16(25)27-20(26)28-17(11)29/h4-8,13,15,18-19,30-31H,9H2,1-3H3,(H4,25,26,27,28)/t13?,15-,18?,19-,22-,37?/m1/s1. The number of hydrogen-bond acceptors (Lipinski definition) is 11. The van der Waals surface area contributed by atoms with Crippen LogP contribution in [0.3, 0.4) is 0 Å². The third kappa shape index (κ3) is 4.48. The molecule has 6 N–H and O–H groups in total. The number of fused-ring (bicyclic) bond motifs is 1. The van der Waals surface area contributed by atoms with E-state index in [1.165, 1.54) is 29.8 Å². The highest BCUT2D eigenvalue weighted by atomic mass is 31.2. The van der Waals surface area contributed by atoms with Gasteiger partial charge in [0.25, 0.3) is 0 Å². The predicted molar refractivity (Wildman–Crippen MR) is 126 cm³/mol. The van der Waals surface area contributed by atoms with Gasteiger partial charge in [-0.25, -0.2) is 13.3 Å². The molecule has 2 aliphatic rings. The molecule has 3 aromatic rings. The minimum absolute atomic E-state index is 0.0209. The van der Waals surface area contributed by atoms with Crippen molar-refractivity contribution in [2.75, 3.05) is 11.5 Å². The maximum atomic E-state index is 14.5. The summed E-state index contributed by atoms with van der Waals surface area (Å²) in [5.41, 5.74) is 8.48. The first-order valence-corrected chi connectivity index (χ1v) is 12.7. The Bertz CT molecular complexity index is 1420. The number of aliphatic hydroxyl groups excluding tert-OH is 1. The average molecular weight is 541 g/mol. The third-order valence-corrected chi connectivity index (χ3v) is 8.04. The zero-order valence-corrected chi connectivity index (χ0v) is 20.9. The van der Waals surface area contributed by atoms with E-state index < -0.39 is 55.4 Å². The normalized spacial score (nSPS) is 33.7. The summed E-state index contributed by atoms with van der Waals surface area (Å²) in [4.78, 5) is 8.01. The molecule has 37 heavy (non-hydrogen) atoms. The quantitative estimate of drug-likeness (QED) is 0.357. The number of phosphoric ester groups is 1. The molecule has 5 rings (SSSR count). The van der Waals surface area contributed by atoms with Gasteiger partial charge in [0.05, 0.1) is 11.0 Å². The van der Waals surface area contributed by atoms with Crippen LogP contribution in [0.4, 0.5) is 20.5 Å². The van der Waals surface area contributed by atoms with E-state index in [1.807, 2.05) is 0 Å². The molecule has 2 aliphatic heterocycles. The van der Waals surface area contributed by atoms with E-state index in [9.17, 15) is 23.6 Å². The molecule has 200 valence electrons. The Morgan fingerprint density at radius 1 is 1.22 bits per heavy atom. The molecule has 4 heterocycles. The lowest BCUT2D eigenvalue weighted by molar-refractivity contribution is -0.156. The minimum Gasteiger partial charge on any atom is -0.385 e. The van der Waals surface area contributed by atoms with E-state index in [4.69, 9.17) is 29.8 Å². The van der Waals surface area contributed by atoms with E-state index >= 15 is 0 Å². The summed E-state index contributed by atoms with van der Waals surface area (Å²) in [7, 11) is -4.56. The van der Waals surface area contributed by atoms with Crippen molar-refractivity contribution in [3.8, 4) is 0 Å². The number of ether oxygens (including phenoxy) is 1. The summed E-state index contributed by atoms with van der Waals surface area (Å²) in [5, 5.41) is 22.4. The van der Waals surface area contributed by atoms with Crippen LogP contribution in [0.1, 0.15) is 45.1 Å². The highest BCUT2D eigenvalue weighted by Gasteiger charge is 2.58. The maximum absolute atomic E-state index is 14.5. The number of nitrogens with zero attached hydrogens (tertiary/aromatic N) is 3. The lowest BCUT2D eigenvalue weighted by atomic mass is 9.96. The molecule has 6 atom stereocenters. The van der Waals surface area contributed by atoms with Crippen LogP contribution in [0.25, 0.3) is 11.0 Å². The molecule has 0 radical (unpaired) electrons. The summed E-state index contributed by atoms with van der Waals surface area (Å²) in [6.45, 7) is 4.42. The SMILES string of the molecule is CC1(C)CC(c2cccc(F)c2F)OP(=O)(OC2O[C@@H](n3ccc4c(N)nc(N)nc43)[C@](C)(O)[C@@H]2O)O1. The van der Waals surface area contributed by atoms with Crippen LogP contribution in [0.2, 0.25) is 0 Å². The molecule has 3 unspecified atom stereocenters. The molecule has 0 bridgehead atoms. The number of nitrogens with two attached hydrogens (primary N) is 2. The molecule has 15 heteroatoms. The first-order valence-electron chi connectivity index (χ1n) is 11.3. The monoisotopic (exact) mass is 541 g/mol. The Morgan fingerprint density at radius 3 is 2.68 bits per heavy atom. The van der Waals surface area contributed by atoms with Crippen LogP contribution >= 0.6 is 7.82 Å². The topological polar surface area (TPSA) is 177 Å². The summed E-state index contributed by atoms with van der Waals surface area (Å²) >= 11 is 0. The van der Waals surface area contributed by atoms with Crippen molar-refractivity contribution in [2.45, 2.75) is 63.1 Å². The van der Waals surface area contributed by atoms with Crippen molar-refractivity contribution in [1.29, 1.82) is 0 Å². The first-order chi connectivity index (χ1) is 17.2. The second-order valence-electron chi connectivity index (χ2n) is 9.80. The van der Waals surface area contributed by atoms with Crippen molar-refractivity contribution in [3.05, 3.63) is 47.7 Å². The van der Waals surface area contributed by atoms with Crippen LogP contribution in [0, 0.1) is 11.6 Å². The molecule has 2 saturated heterocycles. The van der Waals surface area contributed by atoms with Crippen LogP contribution < -0.4 is 11.5 Å². The largest absolute Gasteiger partial charge is 0.478 e. The van der Waals surface area contributed by atoms with E-state index in [0.717, 1.165) is 6.07 Å². The van der Waals surface area contributed by atoms with Crippen LogP contribution in [-0.4, -0.2) is 48.3 Å². The molecule has 12 nitrogen and oxygen atoms in total. The summed E-state index contributed by atoms with van der Waals surface area (Å²) < 4.78 is 65.7. The number of aliphatic hydroxyl groups is 2. The zero-order valence-electron chi connectivity index (χ0n) is 20.0. The van der Waals surface area contributed by atoms with Crippen molar-refractivity contribution in [3.63, 3.8) is 0 Å². The Balaban J connectivity index is 1.45. The minimum atomic E-state index is -4.56. The van der Waals surface area contributed by atoms with Crippen LogP contribution in [0.15, 0.2) is 30.5 Å². The zero-order chi connectivity index (χ0) is 26.9. The van der Waals surface area contributed by atoms with E-state index in [-0.39, 0.29) is 29.4 Å². The third-order valence-electron chi connectivity index (χ3n) is 6.34.